The quantitative estimate of drug-likeness (QED) is 0.831. The van der Waals surface area contributed by atoms with Gasteiger partial charge in [0.2, 0.25) is 0 Å². The number of nitrogens with one attached hydrogen (secondary N) is 1. The second kappa shape index (κ2) is 4.59. The van der Waals surface area contributed by atoms with Gasteiger partial charge in [0.15, 0.2) is 0 Å². The molecule has 0 saturated heterocycles. The lowest BCUT2D eigenvalue weighted by Crippen LogP contribution is -2.28. The minimum atomic E-state index is -0.0677. The van der Waals surface area contributed by atoms with Gasteiger partial charge in [0, 0.05) is 24.1 Å². The molecule has 0 aliphatic heterocycles. The third kappa shape index (κ3) is 2.57. The van der Waals surface area contributed by atoms with Crippen LogP contribution < -0.4 is 5.32 Å². The predicted octanol–water partition coefficient (Wildman–Crippen LogP) is 1.24. The average molecular weight is 260 g/mol. The molecule has 4 nitrogen and oxygen atoms in total. The summed E-state index contributed by atoms with van der Waals surface area (Å²) in [7, 11) is 1.82. The van der Waals surface area contributed by atoms with Gasteiger partial charge in [0.05, 0.1) is 11.8 Å². The molecule has 0 saturated carbocycles. The molecule has 0 fully saturated rings. The number of aromatic nitrogens is 2. The maximum Gasteiger partial charge on any atom is 0.254 e. The van der Waals surface area contributed by atoms with E-state index in [1.165, 1.54) is 0 Å². The first kappa shape index (κ1) is 11.2. The van der Waals surface area contributed by atoms with Crippen LogP contribution in [0.5, 0.6) is 0 Å². The maximum atomic E-state index is 11.6. The number of amides is 1. The van der Waals surface area contributed by atoms with E-state index in [0.29, 0.717) is 12.1 Å². The summed E-state index contributed by atoms with van der Waals surface area (Å²) >= 11 is 3.36. The molecule has 0 aliphatic rings. The van der Waals surface area contributed by atoms with E-state index in [4.69, 9.17) is 0 Å². The Bertz CT molecular complexity index is 333. The molecule has 1 rings (SSSR count). The highest BCUT2D eigenvalue weighted by Crippen LogP contribution is 2.05. The van der Waals surface area contributed by atoms with Crippen molar-refractivity contribution >= 4 is 21.8 Å². The fourth-order valence-corrected chi connectivity index (χ4v) is 1.21. The zero-order chi connectivity index (χ0) is 10.7. The van der Waals surface area contributed by atoms with Crippen molar-refractivity contribution in [2.45, 2.75) is 18.7 Å². The molecule has 1 atom stereocenters. The Labute approximate surface area is 91.8 Å². The van der Waals surface area contributed by atoms with E-state index in [9.17, 15) is 4.79 Å². The Kier molecular flexibility index (Phi) is 3.69. The van der Waals surface area contributed by atoms with Gasteiger partial charge < -0.3 is 5.32 Å². The van der Waals surface area contributed by atoms with Crippen LogP contribution in [0.1, 0.15) is 23.0 Å². The Morgan fingerprint density at radius 2 is 2.43 bits per heavy atom. The second-order valence-electron chi connectivity index (χ2n) is 3.26. The van der Waals surface area contributed by atoms with E-state index in [-0.39, 0.29) is 10.7 Å². The van der Waals surface area contributed by atoms with Crippen LogP contribution in [-0.2, 0) is 7.05 Å². The van der Waals surface area contributed by atoms with Crippen LogP contribution in [0.25, 0.3) is 0 Å². The number of carbonyl (C=O) groups excluding carboxylic acids is 1. The summed E-state index contributed by atoms with van der Waals surface area (Å²) in [5.41, 5.74) is 1.52. The molecule has 78 valence electrons. The fourth-order valence-electron chi connectivity index (χ4n) is 1.05. The topological polar surface area (TPSA) is 46.9 Å². The predicted molar refractivity (Wildman–Crippen MR) is 58.7 cm³/mol. The Balaban J connectivity index is 2.66. The molecule has 0 bridgehead atoms. The Hall–Kier alpha value is -0.840. The molecule has 1 aromatic heterocycles. The van der Waals surface area contributed by atoms with E-state index in [2.05, 4.69) is 26.3 Å². The smallest absolute Gasteiger partial charge is 0.254 e. The number of nitrogens with zero attached hydrogens (tertiary/aromatic N) is 2. The van der Waals surface area contributed by atoms with E-state index >= 15 is 0 Å². The van der Waals surface area contributed by atoms with Crippen LogP contribution in [0.4, 0.5) is 0 Å². The summed E-state index contributed by atoms with van der Waals surface area (Å²) in [4.78, 5) is 11.9. The van der Waals surface area contributed by atoms with Crippen LogP contribution in [0.15, 0.2) is 6.20 Å². The highest BCUT2D eigenvalue weighted by atomic mass is 79.9. The number of hydrogen-bond donors (Lipinski definition) is 1. The second-order valence-corrected chi connectivity index (χ2v) is 4.82. The molecule has 1 N–H and O–H groups in total. The van der Waals surface area contributed by atoms with Crippen molar-refractivity contribution in [3.8, 4) is 0 Å². The molecule has 0 spiro atoms. The zero-order valence-corrected chi connectivity index (χ0v) is 10.1. The van der Waals surface area contributed by atoms with Gasteiger partial charge in [-0.15, -0.1) is 0 Å². The monoisotopic (exact) mass is 259 g/mol. The Morgan fingerprint density at radius 1 is 1.79 bits per heavy atom. The summed E-state index contributed by atoms with van der Waals surface area (Å²) in [6, 6.07) is 0. The first-order valence-electron chi connectivity index (χ1n) is 4.43. The van der Waals surface area contributed by atoms with Crippen molar-refractivity contribution in [1.29, 1.82) is 0 Å². The normalized spacial score (nSPS) is 12.6. The first-order chi connectivity index (χ1) is 6.52. The largest absolute Gasteiger partial charge is 0.351 e. The summed E-state index contributed by atoms with van der Waals surface area (Å²) in [6.45, 7) is 4.48. The molecule has 1 amide bonds. The number of carbonyl (C=O) groups is 1. The van der Waals surface area contributed by atoms with Crippen LogP contribution in [0, 0.1) is 6.92 Å². The van der Waals surface area contributed by atoms with Gasteiger partial charge in [0.25, 0.3) is 5.91 Å². The molecule has 0 aliphatic carbocycles. The zero-order valence-electron chi connectivity index (χ0n) is 8.54. The highest BCUT2D eigenvalue weighted by Gasteiger charge is 2.12. The number of aryl methyl sites for hydroxylation is 1. The van der Waals surface area contributed by atoms with Gasteiger partial charge in [-0.1, -0.05) is 22.9 Å². The van der Waals surface area contributed by atoms with E-state index in [1.807, 2.05) is 20.9 Å². The van der Waals surface area contributed by atoms with Crippen LogP contribution in [-0.4, -0.2) is 27.1 Å². The molecule has 0 aromatic carbocycles. The molecule has 0 radical (unpaired) electrons. The van der Waals surface area contributed by atoms with Crippen molar-refractivity contribution in [1.82, 2.24) is 15.1 Å². The fraction of sp³-hybridized carbons (Fsp3) is 0.556. The van der Waals surface area contributed by atoms with Crippen molar-refractivity contribution < 1.29 is 4.79 Å². The molecule has 1 aromatic rings. The lowest BCUT2D eigenvalue weighted by atomic mass is 10.2. The molecule has 1 unspecified atom stereocenters. The van der Waals surface area contributed by atoms with E-state index in [0.717, 1.165) is 5.69 Å². The minimum absolute atomic E-state index is 0.0677. The van der Waals surface area contributed by atoms with Crippen molar-refractivity contribution in [3.05, 3.63) is 17.5 Å². The first-order valence-corrected chi connectivity index (χ1v) is 5.34. The van der Waals surface area contributed by atoms with Gasteiger partial charge in [-0.25, -0.2) is 0 Å². The molecular weight excluding hydrogens is 246 g/mol. The average Bonchev–Trinajstić information content (AvgIpc) is 2.44. The van der Waals surface area contributed by atoms with Gasteiger partial charge in [-0.05, 0) is 6.92 Å². The summed E-state index contributed by atoms with van der Waals surface area (Å²) < 4.78 is 1.69. The van der Waals surface area contributed by atoms with Gasteiger partial charge in [0.1, 0.15) is 0 Å². The summed E-state index contributed by atoms with van der Waals surface area (Å²) in [6.07, 6.45) is 1.59. The molecule has 1 heterocycles. The van der Waals surface area contributed by atoms with E-state index in [1.54, 1.807) is 10.9 Å². The van der Waals surface area contributed by atoms with E-state index < -0.39 is 0 Å². The highest BCUT2D eigenvalue weighted by molar-refractivity contribution is 9.09. The van der Waals surface area contributed by atoms with Crippen LogP contribution in [0.3, 0.4) is 0 Å². The van der Waals surface area contributed by atoms with Gasteiger partial charge >= 0.3 is 0 Å². The molecular formula is C9H14BrN3O. The number of alkyl halides is 1. The summed E-state index contributed by atoms with van der Waals surface area (Å²) in [5, 5.41) is 6.82. The minimum Gasteiger partial charge on any atom is -0.351 e. The lowest BCUT2D eigenvalue weighted by molar-refractivity contribution is 0.0953. The van der Waals surface area contributed by atoms with Crippen LogP contribution >= 0.6 is 15.9 Å². The lowest BCUT2D eigenvalue weighted by Gasteiger charge is -2.05. The standard InChI is InChI=1S/C9H14BrN3O/c1-6(10)4-11-9(14)8-5-12-13(3)7(8)2/h5-6H,4H2,1-3H3,(H,11,14). The summed E-state index contributed by atoms with van der Waals surface area (Å²) in [5.74, 6) is -0.0677. The molecule has 5 heteroatoms. The number of hydrogen-bond acceptors (Lipinski definition) is 2. The van der Waals surface area contributed by atoms with Crippen molar-refractivity contribution in [3.63, 3.8) is 0 Å². The van der Waals surface area contributed by atoms with Crippen LogP contribution in [0.2, 0.25) is 0 Å². The number of rotatable bonds is 3. The van der Waals surface area contributed by atoms with Crippen molar-refractivity contribution in [2.24, 2.45) is 7.05 Å². The maximum absolute atomic E-state index is 11.6. The molecule has 14 heavy (non-hydrogen) atoms. The van der Waals surface area contributed by atoms with Gasteiger partial charge in [-0.2, -0.15) is 5.10 Å². The number of halogens is 1. The van der Waals surface area contributed by atoms with Gasteiger partial charge in [-0.3, -0.25) is 9.48 Å². The Morgan fingerprint density at radius 3 is 2.86 bits per heavy atom. The third-order valence-corrected chi connectivity index (χ3v) is 2.35. The SMILES string of the molecule is Cc1c(C(=O)NCC(C)Br)cnn1C. The third-order valence-electron chi connectivity index (χ3n) is 2.02. The van der Waals surface area contributed by atoms with Crippen molar-refractivity contribution in [2.75, 3.05) is 6.54 Å².